The molecule has 6 heteroatoms. The van der Waals surface area contributed by atoms with E-state index in [2.05, 4.69) is 288 Å². The van der Waals surface area contributed by atoms with Crippen LogP contribution in [0.25, 0.3) is 20.8 Å². The summed E-state index contributed by atoms with van der Waals surface area (Å²) in [6.45, 7) is 34.8. The maximum atomic E-state index is 5.51. The van der Waals surface area contributed by atoms with E-state index in [1.165, 1.54) is 77.3 Å². The number of aromatic nitrogens is 1. The van der Waals surface area contributed by atoms with E-state index < -0.39 is 0 Å². The minimum Gasteiger partial charge on any atom is -0.311 e. The molecule has 0 atom stereocenters. The van der Waals surface area contributed by atoms with Gasteiger partial charge in [-0.05, 0) is 156 Å². The molecule has 0 spiro atoms. The molecule has 0 unspecified atom stereocenters. The molecule has 378 valence electrons. The van der Waals surface area contributed by atoms with Gasteiger partial charge in [-0.15, -0.1) is 11.3 Å². The number of hydrogen-bond donors (Lipinski definition) is 0. The summed E-state index contributed by atoms with van der Waals surface area (Å²) in [5.41, 5.74) is 22.8. The van der Waals surface area contributed by atoms with Crippen LogP contribution in [0.15, 0.2) is 170 Å². The summed E-state index contributed by atoms with van der Waals surface area (Å²) in [6.07, 6.45) is 0. The van der Waals surface area contributed by atoms with E-state index in [9.17, 15) is 0 Å². The van der Waals surface area contributed by atoms with Crippen molar-refractivity contribution in [2.45, 2.75) is 131 Å². The third-order valence-corrected chi connectivity index (χ3v) is 16.7. The largest absolute Gasteiger partial charge is 0.311 e. The van der Waals surface area contributed by atoms with E-state index in [-0.39, 0.29) is 33.8 Å². The zero-order valence-corrected chi connectivity index (χ0v) is 47.8. The van der Waals surface area contributed by atoms with Gasteiger partial charge in [-0.25, -0.2) is 4.98 Å². The quantitative estimate of drug-likeness (QED) is 0.155. The van der Waals surface area contributed by atoms with E-state index in [4.69, 9.17) is 4.98 Å². The van der Waals surface area contributed by atoms with Crippen molar-refractivity contribution in [2.75, 3.05) is 14.7 Å². The van der Waals surface area contributed by atoms with Crippen LogP contribution in [0.4, 0.5) is 51.2 Å². The molecule has 2 aliphatic heterocycles. The van der Waals surface area contributed by atoms with Crippen molar-refractivity contribution in [1.82, 2.24) is 4.98 Å². The highest BCUT2D eigenvalue weighted by atomic mass is 32.1. The van der Waals surface area contributed by atoms with Crippen molar-refractivity contribution in [3.8, 4) is 10.6 Å². The Morgan fingerprint density at radius 3 is 1.36 bits per heavy atom. The zero-order valence-electron chi connectivity index (χ0n) is 46.9. The third-order valence-electron chi connectivity index (χ3n) is 15.6. The first-order valence-corrected chi connectivity index (χ1v) is 27.8. The molecule has 11 rings (SSSR count). The van der Waals surface area contributed by atoms with E-state index in [0.29, 0.717) is 0 Å². The minimum absolute atomic E-state index is 0.00320. The molecule has 0 N–H and O–H groups in total. The smallest absolute Gasteiger partial charge is 0.252 e. The molecular weight excluding hydrogens is 928 g/mol. The molecule has 0 saturated heterocycles. The van der Waals surface area contributed by atoms with Gasteiger partial charge in [-0.2, -0.15) is 0 Å². The lowest BCUT2D eigenvalue weighted by atomic mass is 9.33. The predicted molar refractivity (Wildman–Crippen MR) is 327 cm³/mol. The summed E-state index contributed by atoms with van der Waals surface area (Å²) in [4.78, 5) is 13.1. The number of nitrogens with zero attached hydrogens (tertiary/aromatic N) is 4. The lowest BCUT2D eigenvalue weighted by molar-refractivity contribution is 0.568. The maximum Gasteiger partial charge on any atom is 0.252 e. The van der Waals surface area contributed by atoms with Crippen LogP contribution < -0.4 is 31.1 Å². The Morgan fingerprint density at radius 1 is 0.387 bits per heavy atom. The Hall–Kier alpha value is -6.89. The Kier molecular flexibility index (Phi) is 12.0. The van der Waals surface area contributed by atoms with Crippen molar-refractivity contribution in [3.05, 3.63) is 198 Å². The average Bonchev–Trinajstić information content (AvgIpc) is 3.81. The molecular formula is C69H73BN4S. The maximum absolute atomic E-state index is 5.51. The van der Waals surface area contributed by atoms with Crippen LogP contribution in [0, 0.1) is 0 Å². The molecule has 75 heavy (non-hydrogen) atoms. The Labute approximate surface area is 452 Å². The van der Waals surface area contributed by atoms with Crippen LogP contribution in [0.2, 0.25) is 0 Å². The van der Waals surface area contributed by atoms with Gasteiger partial charge in [0.1, 0.15) is 5.01 Å². The molecule has 0 saturated carbocycles. The second-order valence-electron chi connectivity index (χ2n) is 26.3. The Balaban J connectivity index is 1.25. The first kappa shape index (κ1) is 50.3. The molecule has 4 nitrogen and oxygen atoms in total. The van der Waals surface area contributed by atoms with Gasteiger partial charge in [0, 0.05) is 56.7 Å². The number of anilines is 9. The van der Waals surface area contributed by atoms with Crippen LogP contribution in [0.1, 0.15) is 132 Å². The second kappa shape index (κ2) is 17.9. The van der Waals surface area contributed by atoms with Gasteiger partial charge in [0.25, 0.3) is 6.71 Å². The first-order valence-electron chi connectivity index (χ1n) is 27.0. The fourth-order valence-corrected chi connectivity index (χ4v) is 12.1. The Bertz CT molecular complexity index is 3540. The van der Waals surface area contributed by atoms with Crippen LogP contribution in [0.5, 0.6) is 0 Å². The molecule has 0 amide bonds. The van der Waals surface area contributed by atoms with Gasteiger partial charge in [0.05, 0.1) is 10.2 Å². The predicted octanol–water partition coefficient (Wildman–Crippen LogP) is 18.0. The van der Waals surface area contributed by atoms with Crippen molar-refractivity contribution < 1.29 is 0 Å². The third kappa shape index (κ3) is 9.17. The average molecular weight is 1000 g/mol. The summed E-state index contributed by atoms with van der Waals surface area (Å²) in [5, 5.41) is 1.04. The van der Waals surface area contributed by atoms with Crippen LogP contribution >= 0.6 is 11.3 Å². The zero-order chi connectivity index (χ0) is 53.1. The fraction of sp³-hybridized carbons (Fsp3) is 0.290. The number of hydrogen-bond acceptors (Lipinski definition) is 5. The topological polar surface area (TPSA) is 22.6 Å². The molecule has 0 fully saturated rings. The lowest BCUT2D eigenvalue weighted by Gasteiger charge is -2.45. The van der Waals surface area contributed by atoms with Crippen molar-refractivity contribution in [3.63, 3.8) is 0 Å². The Morgan fingerprint density at radius 2 is 0.853 bits per heavy atom. The first-order chi connectivity index (χ1) is 35.3. The van der Waals surface area contributed by atoms with Crippen LogP contribution in [-0.2, 0) is 27.1 Å². The highest BCUT2D eigenvalue weighted by Gasteiger charge is 2.45. The lowest BCUT2D eigenvalue weighted by Crippen LogP contribution is -2.61. The van der Waals surface area contributed by atoms with Crippen molar-refractivity contribution in [1.29, 1.82) is 0 Å². The van der Waals surface area contributed by atoms with Gasteiger partial charge in [0.2, 0.25) is 0 Å². The molecule has 9 aromatic rings. The SMILES string of the molecule is CC(C)(C)c1ccc(-c2nc3cc4c(cc3s2)B2c3ccc(N(c5ccccc5)c5ccccc5)cc3N(c3ccc(C(C)(C)C)cc3)c3cc(C(C)(C)C)cc(c32)N4c2cc(C(C)(C)C)cc(C(C)(C)C)c2)cc1. The number of fused-ring (bicyclic) bond motifs is 5. The van der Waals surface area contributed by atoms with E-state index in [0.717, 1.165) is 38.8 Å². The highest BCUT2D eigenvalue weighted by Crippen LogP contribution is 2.50. The number of rotatable bonds is 6. The standard InChI is InChI=1S/C69H73BN4S/c1-65(2,3)45-28-26-44(27-29-45)64-71-57-43-59-56(42-62(57)75-64)70-55-35-34-53(72(50-22-18-16-19-23-50)51-24-20-17-21-25-51)41-58(55)73(52-32-30-46(31-33-52)66(4,5)6)60-39-49(69(13,14)15)40-61(63(60)70)74(59)54-37-47(67(7,8)9)36-48(38-54)68(10,11)12/h16-43H,1-15H3. The number of para-hydroxylation sites is 2. The number of benzene rings is 8. The van der Waals surface area contributed by atoms with Gasteiger partial charge >= 0.3 is 0 Å². The molecule has 0 radical (unpaired) electrons. The normalized spacial score (nSPS) is 13.7. The number of thiazole rings is 1. The summed E-state index contributed by atoms with van der Waals surface area (Å²) in [5.74, 6) is 0. The van der Waals surface area contributed by atoms with Gasteiger partial charge in [-0.3, -0.25) is 0 Å². The minimum atomic E-state index is -0.172. The highest BCUT2D eigenvalue weighted by molar-refractivity contribution is 7.21. The second-order valence-corrected chi connectivity index (χ2v) is 27.4. The fourth-order valence-electron chi connectivity index (χ4n) is 11.1. The van der Waals surface area contributed by atoms with E-state index in [1.807, 2.05) is 0 Å². The molecule has 1 aromatic heterocycles. The van der Waals surface area contributed by atoms with Crippen molar-refractivity contribution >= 4 is 95.8 Å². The summed E-state index contributed by atoms with van der Waals surface area (Å²) in [7, 11) is 0. The monoisotopic (exact) mass is 1000 g/mol. The molecule has 8 aromatic carbocycles. The molecule has 3 heterocycles. The van der Waals surface area contributed by atoms with Crippen LogP contribution in [0.3, 0.4) is 0 Å². The van der Waals surface area contributed by atoms with E-state index in [1.54, 1.807) is 11.3 Å². The molecule has 0 aliphatic carbocycles. The van der Waals surface area contributed by atoms with Crippen LogP contribution in [-0.4, -0.2) is 11.7 Å². The van der Waals surface area contributed by atoms with Gasteiger partial charge in [-0.1, -0.05) is 189 Å². The van der Waals surface area contributed by atoms with E-state index >= 15 is 0 Å². The van der Waals surface area contributed by atoms with Gasteiger partial charge in [0.15, 0.2) is 0 Å². The summed E-state index contributed by atoms with van der Waals surface area (Å²) in [6, 6.07) is 64.7. The summed E-state index contributed by atoms with van der Waals surface area (Å²) >= 11 is 1.80. The molecule has 2 aliphatic rings. The molecule has 0 bridgehead atoms. The van der Waals surface area contributed by atoms with Gasteiger partial charge < -0.3 is 14.7 Å². The van der Waals surface area contributed by atoms with Crippen molar-refractivity contribution in [2.24, 2.45) is 0 Å². The summed E-state index contributed by atoms with van der Waals surface area (Å²) < 4.78 is 1.19.